The Hall–Kier alpha value is -3.09. The minimum absolute atomic E-state index is 0.343. The molecule has 0 unspecified atom stereocenters. The molecule has 0 radical (unpaired) electrons. The number of rotatable bonds is 8. The topological polar surface area (TPSA) is 58.4 Å². The SMILES string of the molecule is CN(C)Cc1cnc(SCc2ccccc2C(=O)O)n1Cc1cccc2ccccc12. The van der Waals surface area contributed by atoms with E-state index in [2.05, 4.69) is 56.9 Å². The smallest absolute Gasteiger partial charge is 0.335 e. The predicted molar refractivity (Wildman–Crippen MR) is 126 cm³/mol. The Morgan fingerprint density at radius 1 is 1.00 bits per heavy atom. The standard InChI is InChI=1S/C25H25N3O2S/c1-27(2)16-21-14-26-25(31-17-20-9-4-6-13-23(20)24(29)30)28(21)15-19-11-7-10-18-8-3-5-12-22(18)19/h3-14H,15-17H2,1-2H3,(H,29,30). The molecule has 0 amide bonds. The third-order valence-corrected chi connectivity index (χ3v) is 6.23. The fourth-order valence-electron chi connectivity index (χ4n) is 3.72. The zero-order valence-corrected chi connectivity index (χ0v) is 18.5. The number of carboxylic acids is 1. The van der Waals surface area contributed by atoms with Gasteiger partial charge in [0.15, 0.2) is 5.16 Å². The molecule has 0 atom stereocenters. The van der Waals surface area contributed by atoms with Gasteiger partial charge in [-0.15, -0.1) is 0 Å². The summed E-state index contributed by atoms with van der Waals surface area (Å²) in [6, 6.07) is 22.0. The van der Waals surface area contributed by atoms with Crippen molar-refractivity contribution in [2.75, 3.05) is 14.1 Å². The van der Waals surface area contributed by atoms with Crippen LogP contribution >= 0.6 is 11.8 Å². The number of thioether (sulfide) groups is 1. The monoisotopic (exact) mass is 431 g/mol. The largest absolute Gasteiger partial charge is 0.478 e. The summed E-state index contributed by atoms with van der Waals surface area (Å²) >= 11 is 1.57. The molecular weight excluding hydrogens is 406 g/mol. The number of carboxylic acid groups (broad SMARTS) is 1. The highest BCUT2D eigenvalue weighted by molar-refractivity contribution is 7.98. The fraction of sp³-hybridized carbons (Fsp3) is 0.200. The maximum Gasteiger partial charge on any atom is 0.335 e. The zero-order valence-electron chi connectivity index (χ0n) is 17.7. The van der Waals surface area contributed by atoms with Crippen molar-refractivity contribution in [1.29, 1.82) is 0 Å². The molecule has 4 aromatic rings. The van der Waals surface area contributed by atoms with Gasteiger partial charge in [-0.2, -0.15) is 0 Å². The van der Waals surface area contributed by atoms with Crippen LogP contribution in [-0.4, -0.2) is 39.6 Å². The van der Waals surface area contributed by atoms with Gasteiger partial charge in [-0.1, -0.05) is 72.4 Å². The van der Waals surface area contributed by atoms with E-state index in [1.807, 2.05) is 32.4 Å². The second kappa shape index (κ2) is 9.37. The fourth-order valence-corrected chi connectivity index (χ4v) is 4.73. The first-order valence-corrected chi connectivity index (χ1v) is 11.1. The van der Waals surface area contributed by atoms with Crippen molar-refractivity contribution in [1.82, 2.24) is 14.5 Å². The van der Waals surface area contributed by atoms with E-state index in [1.165, 1.54) is 16.3 Å². The number of hydrogen-bond acceptors (Lipinski definition) is 4. The van der Waals surface area contributed by atoms with E-state index in [-0.39, 0.29) is 0 Å². The highest BCUT2D eigenvalue weighted by Gasteiger charge is 2.15. The Balaban J connectivity index is 1.66. The minimum atomic E-state index is -0.899. The lowest BCUT2D eigenvalue weighted by Gasteiger charge is -2.16. The lowest BCUT2D eigenvalue weighted by molar-refractivity contribution is 0.0696. The molecule has 5 nitrogen and oxygen atoms in total. The summed E-state index contributed by atoms with van der Waals surface area (Å²) in [4.78, 5) is 18.4. The average Bonchev–Trinajstić information content (AvgIpc) is 3.13. The van der Waals surface area contributed by atoms with Gasteiger partial charge in [0.05, 0.1) is 24.0 Å². The molecule has 1 aromatic heterocycles. The van der Waals surface area contributed by atoms with Crippen LogP contribution in [0.4, 0.5) is 0 Å². The van der Waals surface area contributed by atoms with E-state index in [0.29, 0.717) is 17.9 Å². The average molecular weight is 432 g/mol. The number of carbonyl (C=O) groups is 1. The van der Waals surface area contributed by atoms with Crippen molar-refractivity contribution in [2.24, 2.45) is 0 Å². The zero-order chi connectivity index (χ0) is 21.8. The number of fused-ring (bicyclic) bond motifs is 1. The molecule has 0 aliphatic rings. The van der Waals surface area contributed by atoms with E-state index in [4.69, 9.17) is 0 Å². The van der Waals surface area contributed by atoms with Crippen molar-refractivity contribution >= 4 is 28.5 Å². The molecule has 0 saturated heterocycles. The van der Waals surface area contributed by atoms with Gasteiger partial charge in [0.1, 0.15) is 0 Å². The first-order valence-electron chi connectivity index (χ1n) is 10.1. The summed E-state index contributed by atoms with van der Waals surface area (Å²) in [5.41, 5.74) is 3.51. The summed E-state index contributed by atoms with van der Waals surface area (Å²) in [6.45, 7) is 1.50. The third kappa shape index (κ3) is 4.81. The molecule has 0 spiro atoms. The first-order chi connectivity index (χ1) is 15.0. The summed E-state index contributed by atoms with van der Waals surface area (Å²) < 4.78 is 2.25. The van der Waals surface area contributed by atoms with Crippen LogP contribution in [0, 0.1) is 0 Å². The van der Waals surface area contributed by atoms with Crippen LogP contribution in [0.5, 0.6) is 0 Å². The Bertz CT molecular complexity index is 1210. The number of benzene rings is 3. The van der Waals surface area contributed by atoms with Crippen LogP contribution in [0.25, 0.3) is 10.8 Å². The normalized spacial score (nSPS) is 11.3. The molecule has 0 aliphatic heterocycles. The van der Waals surface area contributed by atoms with Gasteiger partial charge in [-0.05, 0) is 42.1 Å². The Labute approximate surface area is 186 Å². The molecule has 158 valence electrons. The van der Waals surface area contributed by atoms with Crippen LogP contribution in [-0.2, 0) is 18.8 Å². The molecule has 4 rings (SSSR count). The minimum Gasteiger partial charge on any atom is -0.478 e. The van der Waals surface area contributed by atoms with Gasteiger partial charge in [0.25, 0.3) is 0 Å². The summed E-state index contributed by atoms with van der Waals surface area (Å²) in [7, 11) is 4.09. The van der Waals surface area contributed by atoms with Crippen LogP contribution in [0.2, 0.25) is 0 Å². The third-order valence-electron chi connectivity index (χ3n) is 5.19. The van der Waals surface area contributed by atoms with E-state index in [0.717, 1.165) is 23.0 Å². The van der Waals surface area contributed by atoms with Gasteiger partial charge in [-0.25, -0.2) is 9.78 Å². The maximum atomic E-state index is 11.6. The number of imidazole rings is 1. The second-order valence-electron chi connectivity index (χ2n) is 7.75. The molecule has 1 heterocycles. The van der Waals surface area contributed by atoms with Gasteiger partial charge < -0.3 is 14.6 Å². The Morgan fingerprint density at radius 3 is 2.52 bits per heavy atom. The molecule has 6 heteroatoms. The molecule has 1 N–H and O–H groups in total. The highest BCUT2D eigenvalue weighted by Crippen LogP contribution is 2.27. The van der Waals surface area contributed by atoms with Crippen molar-refractivity contribution < 1.29 is 9.90 Å². The van der Waals surface area contributed by atoms with Crippen LogP contribution in [0.15, 0.2) is 78.1 Å². The van der Waals surface area contributed by atoms with E-state index < -0.39 is 5.97 Å². The predicted octanol–water partition coefficient (Wildman–Crippen LogP) is 5.14. The van der Waals surface area contributed by atoms with Crippen LogP contribution in [0.3, 0.4) is 0 Å². The molecule has 0 saturated carbocycles. The summed E-state index contributed by atoms with van der Waals surface area (Å²) in [5, 5.41) is 12.8. The summed E-state index contributed by atoms with van der Waals surface area (Å²) in [6.07, 6.45) is 1.93. The van der Waals surface area contributed by atoms with Crippen molar-refractivity contribution in [3.05, 3.63) is 95.3 Å². The molecular formula is C25H25N3O2S. The summed E-state index contributed by atoms with van der Waals surface area (Å²) in [5.74, 6) is -0.347. The molecule has 0 fully saturated rings. The van der Waals surface area contributed by atoms with Gasteiger partial charge in [0.2, 0.25) is 0 Å². The van der Waals surface area contributed by atoms with Crippen molar-refractivity contribution in [2.45, 2.75) is 24.0 Å². The number of nitrogens with zero attached hydrogens (tertiary/aromatic N) is 3. The molecule has 0 aliphatic carbocycles. The quantitative estimate of drug-likeness (QED) is 0.392. The van der Waals surface area contributed by atoms with Crippen LogP contribution in [0.1, 0.15) is 27.2 Å². The molecule has 3 aromatic carbocycles. The van der Waals surface area contributed by atoms with E-state index in [9.17, 15) is 9.90 Å². The lowest BCUT2D eigenvalue weighted by atomic mass is 10.0. The number of aromatic nitrogens is 2. The van der Waals surface area contributed by atoms with Crippen molar-refractivity contribution in [3.8, 4) is 0 Å². The van der Waals surface area contributed by atoms with Gasteiger partial charge in [-0.3, -0.25) is 0 Å². The van der Waals surface area contributed by atoms with E-state index in [1.54, 1.807) is 23.9 Å². The molecule has 0 bridgehead atoms. The second-order valence-corrected chi connectivity index (χ2v) is 8.69. The van der Waals surface area contributed by atoms with Crippen LogP contribution < -0.4 is 0 Å². The van der Waals surface area contributed by atoms with E-state index >= 15 is 0 Å². The Kier molecular flexibility index (Phi) is 6.39. The Morgan fingerprint density at radius 2 is 1.71 bits per heavy atom. The first kappa shape index (κ1) is 21.2. The molecule has 31 heavy (non-hydrogen) atoms. The van der Waals surface area contributed by atoms with Crippen molar-refractivity contribution in [3.63, 3.8) is 0 Å². The van der Waals surface area contributed by atoms with Gasteiger partial charge >= 0.3 is 5.97 Å². The maximum absolute atomic E-state index is 11.6. The highest BCUT2D eigenvalue weighted by atomic mass is 32.2. The number of hydrogen-bond donors (Lipinski definition) is 1. The lowest BCUT2D eigenvalue weighted by Crippen LogP contribution is -2.15. The number of aromatic carboxylic acids is 1. The van der Waals surface area contributed by atoms with Gasteiger partial charge in [0, 0.05) is 12.3 Å².